The molecule has 2 heterocycles. The molecule has 3 unspecified atom stereocenters. The van der Waals surface area contributed by atoms with Crippen molar-refractivity contribution in [3.63, 3.8) is 0 Å². The number of piperazine rings is 1. The van der Waals surface area contributed by atoms with Crippen LogP contribution in [0, 0.1) is 0 Å². The normalized spacial score (nSPS) is 34.0. The molecule has 1 amide bonds. The van der Waals surface area contributed by atoms with E-state index in [0.717, 1.165) is 39.0 Å². The molecule has 0 aromatic carbocycles. The smallest absolute Gasteiger partial charge is 0.223 e. The molecule has 1 N–H and O–H groups in total. The van der Waals surface area contributed by atoms with Crippen molar-refractivity contribution in [1.82, 2.24) is 10.2 Å². The molecule has 2 saturated heterocycles. The van der Waals surface area contributed by atoms with Crippen LogP contribution in [-0.2, 0) is 9.53 Å². The maximum Gasteiger partial charge on any atom is 0.223 e. The van der Waals surface area contributed by atoms with Gasteiger partial charge in [-0.2, -0.15) is 0 Å². The summed E-state index contributed by atoms with van der Waals surface area (Å²) in [5, 5.41) is 3.35. The molecule has 0 bridgehead atoms. The lowest BCUT2D eigenvalue weighted by atomic mass is 10.1. The molecule has 0 aromatic rings. The summed E-state index contributed by atoms with van der Waals surface area (Å²) in [6.07, 6.45) is 4.13. The summed E-state index contributed by atoms with van der Waals surface area (Å²) in [4.78, 5) is 14.3. The van der Waals surface area contributed by atoms with Gasteiger partial charge in [0.05, 0.1) is 6.10 Å². The molecular weight excluding hydrogens is 216 g/mol. The van der Waals surface area contributed by atoms with Gasteiger partial charge < -0.3 is 15.0 Å². The number of ether oxygens (including phenoxy) is 1. The van der Waals surface area contributed by atoms with Crippen molar-refractivity contribution in [2.45, 2.75) is 57.7 Å². The lowest BCUT2D eigenvalue weighted by Crippen LogP contribution is -2.57. The van der Waals surface area contributed by atoms with E-state index in [1.165, 1.54) is 0 Å². The van der Waals surface area contributed by atoms with Crippen LogP contribution in [0.5, 0.6) is 0 Å². The topological polar surface area (TPSA) is 41.6 Å². The Bertz CT molecular complexity index is 254. The van der Waals surface area contributed by atoms with Gasteiger partial charge in [0.1, 0.15) is 0 Å². The first-order valence-corrected chi connectivity index (χ1v) is 6.82. The standard InChI is InChI=1S/C13H24N2O2/c1-10-8-14-9-11(2)15(10)13(16)6-5-12-4-3-7-17-12/h10-12,14H,3-9H2,1-2H3. The molecule has 2 rings (SSSR count). The predicted molar refractivity (Wildman–Crippen MR) is 66.8 cm³/mol. The van der Waals surface area contributed by atoms with Gasteiger partial charge in [0.2, 0.25) is 5.91 Å². The van der Waals surface area contributed by atoms with E-state index < -0.39 is 0 Å². The second-order valence-electron chi connectivity index (χ2n) is 5.33. The van der Waals surface area contributed by atoms with Gasteiger partial charge in [-0.3, -0.25) is 4.79 Å². The molecule has 17 heavy (non-hydrogen) atoms. The summed E-state index contributed by atoms with van der Waals surface area (Å²) in [6.45, 7) is 6.94. The molecule has 4 nitrogen and oxygen atoms in total. The van der Waals surface area contributed by atoms with Gasteiger partial charge in [0, 0.05) is 38.2 Å². The zero-order valence-electron chi connectivity index (χ0n) is 10.9. The molecule has 2 fully saturated rings. The molecule has 0 aliphatic carbocycles. The summed E-state index contributed by atoms with van der Waals surface area (Å²) in [5.41, 5.74) is 0. The third kappa shape index (κ3) is 3.19. The maximum atomic E-state index is 12.2. The second-order valence-corrected chi connectivity index (χ2v) is 5.33. The number of carbonyl (C=O) groups excluding carboxylic acids is 1. The second kappa shape index (κ2) is 5.83. The number of rotatable bonds is 3. The Morgan fingerprint density at radius 2 is 2.06 bits per heavy atom. The fourth-order valence-corrected chi connectivity index (χ4v) is 2.91. The van der Waals surface area contributed by atoms with Gasteiger partial charge in [-0.1, -0.05) is 0 Å². The van der Waals surface area contributed by atoms with Crippen LogP contribution in [-0.4, -0.2) is 48.7 Å². The average molecular weight is 240 g/mol. The van der Waals surface area contributed by atoms with Crippen molar-refractivity contribution in [3.8, 4) is 0 Å². The number of nitrogens with zero attached hydrogens (tertiary/aromatic N) is 1. The van der Waals surface area contributed by atoms with Crippen molar-refractivity contribution in [2.24, 2.45) is 0 Å². The van der Waals surface area contributed by atoms with E-state index in [1.807, 2.05) is 4.90 Å². The monoisotopic (exact) mass is 240 g/mol. The van der Waals surface area contributed by atoms with Crippen LogP contribution in [0.2, 0.25) is 0 Å². The van der Waals surface area contributed by atoms with Crippen LogP contribution >= 0.6 is 0 Å². The van der Waals surface area contributed by atoms with Crippen LogP contribution in [0.4, 0.5) is 0 Å². The highest BCUT2D eigenvalue weighted by Gasteiger charge is 2.29. The summed E-state index contributed by atoms with van der Waals surface area (Å²) in [5.74, 6) is 0.294. The first kappa shape index (κ1) is 12.8. The minimum Gasteiger partial charge on any atom is -0.378 e. The van der Waals surface area contributed by atoms with E-state index in [9.17, 15) is 4.79 Å². The largest absolute Gasteiger partial charge is 0.378 e. The van der Waals surface area contributed by atoms with E-state index in [2.05, 4.69) is 19.2 Å². The van der Waals surface area contributed by atoms with E-state index >= 15 is 0 Å². The molecule has 0 spiro atoms. The highest BCUT2D eigenvalue weighted by Crippen LogP contribution is 2.19. The van der Waals surface area contributed by atoms with Crippen LogP contribution < -0.4 is 5.32 Å². The molecule has 3 atom stereocenters. The van der Waals surface area contributed by atoms with Gasteiger partial charge in [-0.15, -0.1) is 0 Å². The minimum absolute atomic E-state index is 0.294. The van der Waals surface area contributed by atoms with Crippen molar-refractivity contribution in [1.29, 1.82) is 0 Å². The van der Waals surface area contributed by atoms with Crippen LogP contribution in [0.1, 0.15) is 39.5 Å². The first-order valence-electron chi connectivity index (χ1n) is 6.82. The number of amides is 1. The Kier molecular flexibility index (Phi) is 4.40. The van der Waals surface area contributed by atoms with E-state index in [0.29, 0.717) is 30.5 Å². The molecule has 98 valence electrons. The third-order valence-corrected chi connectivity index (χ3v) is 3.82. The summed E-state index contributed by atoms with van der Waals surface area (Å²) >= 11 is 0. The Morgan fingerprint density at radius 3 is 2.65 bits per heavy atom. The Balaban J connectivity index is 1.80. The number of carbonyl (C=O) groups is 1. The predicted octanol–water partition coefficient (Wildman–Crippen LogP) is 1.15. The van der Waals surface area contributed by atoms with Gasteiger partial charge >= 0.3 is 0 Å². The van der Waals surface area contributed by atoms with Crippen molar-refractivity contribution in [2.75, 3.05) is 19.7 Å². The third-order valence-electron chi connectivity index (χ3n) is 3.82. The summed E-state index contributed by atoms with van der Waals surface area (Å²) < 4.78 is 5.56. The SMILES string of the molecule is CC1CNCC(C)N1C(=O)CCC1CCCO1. The lowest BCUT2D eigenvalue weighted by Gasteiger charge is -2.39. The van der Waals surface area contributed by atoms with Crippen LogP contribution in [0.15, 0.2) is 0 Å². The highest BCUT2D eigenvalue weighted by atomic mass is 16.5. The van der Waals surface area contributed by atoms with Gasteiger partial charge in [-0.25, -0.2) is 0 Å². The minimum atomic E-state index is 0.294. The van der Waals surface area contributed by atoms with Crippen molar-refractivity contribution >= 4 is 5.91 Å². The molecule has 0 aromatic heterocycles. The zero-order chi connectivity index (χ0) is 12.3. The molecule has 4 heteroatoms. The van der Waals surface area contributed by atoms with Crippen molar-refractivity contribution in [3.05, 3.63) is 0 Å². The van der Waals surface area contributed by atoms with E-state index in [-0.39, 0.29) is 0 Å². The van der Waals surface area contributed by atoms with E-state index in [1.54, 1.807) is 0 Å². The molecule has 2 aliphatic rings. The number of hydrogen-bond acceptors (Lipinski definition) is 3. The van der Waals surface area contributed by atoms with Gasteiger partial charge in [0.25, 0.3) is 0 Å². The fourth-order valence-electron chi connectivity index (χ4n) is 2.91. The summed E-state index contributed by atoms with van der Waals surface area (Å²) in [6, 6.07) is 0.631. The van der Waals surface area contributed by atoms with Gasteiger partial charge in [-0.05, 0) is 33.1 Å². The van der Waals surface area contributed by atoms with Gasteiger partial charge in [0.15, 0.2) is 0 Å². The Labute approximate surface area is 104 Å². The summed E-state index contributed by atoms with van der Waals surface area (Å²) in [7, 11) is 0. The Hall–Kier alpha value is -0.610. The number of hydrogen-bond donors (Lipinski definition) is 1. The van der Waals surface area contributed by atoms with Crippen molar-refractivity contribution < 1.29 is 9.53 Å². The molecule has 0 saturated carbocycles. The lowest BCUT2D eigenvalue weighted by molar-refractivity contribution is -0.137. The van der Waals surface area contributed by atoms with Crippen LogP contribution in [0.25, 0.3) is 0 Å². The molecule has 0 radical (unpaired) electrons. The van der Waals surface area contributed by atoms with Crippen LogP contribution in [0.3, 0.4) is 0 Å². The quantitative estimate of drug-likeness (QED) is 0.804. The number of nitrogens with one attached hydrogen (secondary N) is 1. The highest BCUT2D eigenvalue weighted by molar-refractivity contribution is 5.77. The fraction of sp³-hybridized carbons (Fsp3) is 0.923. The molecular formula is C13H24N2O2. The van der Waals surface area contributed by atoms with E-state index in [4.69, 9.17) is 4.74 Å². The molecule has 2 aliphatic heterocycles. The zero-order valence-corrected chi connectivity index (χ0v) is 10.9. The maximum absolute atomic E-state index is 12.2. The average Bonchev–Trinajstić information content (AvgIpc) is 2.79. The Morgan fingerprint density at radius 1 is 1.35 bits per heavy atom. The first-order chi connectivity index (χ1) is 8.18.